The van der Waals surface area contributed by atoms with Gasteiger partial charge in [0.25, 0.3) is 0 Å². The summed E-state index contributed by atoms with van der Waals surface area (Å²) in [6.07, 6.45) is 1.20. The average molecular weight is 351 g/mol. The number of thiazole rings is 1. The lowest BCUT2D eigenvalue weighted by Crippen LogP contribution is -2.07. The Labute approximate surface area is 146 Å². The van der Waals surface area contributed by atoms with Gasteiger partial charge in [-0.2, -0.15) is 0 Å². The van der Waals surface area contributed by atoms with Gasteiger partial charge in [0.2, 0.25) is 0 Å². The second kappa shape index (κ2) is 8.84. The number of aryl methyl sites for hydroxylation is 1. The molecule has 0 unspecified atom stereocenters. The molecule has 0 amide bonds. The van der Waals surface area contributed by atoms with Crippen molar-refractivity contribution >= 4 is 22.4 Å². The van der Waals surface area contributed by atoms with Gasteiger partial charge in [-0.15, -0.1) is 11.3 Å². The zero-order valence-electron chi connectivity index (χ0n) is 14.7. The Bertz CT molecular complexity index is 679. The van der Waals surface area contributed by atoms with Crippen LogP contribution < -0.4 is 5.32 Å². The van der Waals surface area contributed by atoms with E-state index in [0.29, 0.717) is 13.0 Å². The number of methoxy groups -OCH3 is 2. The highest BCUT2D eigenvalue weighted by Gasteiger charge is 2.14. The second-order valence-corrected chi connectivity index (χ2v) is 6.43. The molecule has 0 bridgehead atoms. The van der Waals surface area contributed by atoms with Crippen LogP contribution in [-0.2, 0) is 20.8 Å². The molecule has 0 radical (unpaired) electrons. The first-order valence-electron chi connectivity index (χ1n) is 7.99. The maximum Gasteiger partial charge on any atom is 0.305 e. The number of aromatic nitrogens is 2. The molecule has 2 heterocycles. The smallest absolute Gasteiger partial charge is 0.305 e. The molecular weight excluding hydrogens is 326 g/mol. The normalized spacial score (nSPS) is 10.8. The van der Waals surface area contributed by atoms with Crippen LogP contribution in [0.3, 0.4) is 0 Å². The van der Waals surface area contributed by atoms with Gasteiger partial charge in [-0.3, -0.25) is 4.79 Å². The molecule has 0 fully saturated rings. The SMILES string of the molecule is COCCNc1nc(-c2cc(C)n(CCCC(=O)OC)c2C)cs1. The van der Waals surface area contributed by atoms with E-state index in [2.05, 4.69) is 40.2 Å². The van der Waals surface area contributed by atoms with Gasteiger partial charge < -0.3 is 19.4 Å². The van der Waals surface area contributed by atoms with Gasteiger partial charge in [0.1, 0.15) is 0 Å². The summed E-state index contributed by atoms with van der Waals surface area (Å²) in [7, 11) is 3.11. The van der Waals surface area contributed by atoms with Crippen LogP contribution in [0, 0.1) is 13.8 Å². The van der Waals surface area contributed by atoms with Crippen LogP contribution in [0.2, 0.25) is 0 Å². The van der Waals surface area contributed by atoms with E-state index in [1.807, 2.05) is 0 Å². The van der Waals surface area contributed by atoms with Crippen LogP contribution in [0.25, 0.3) is 11.3 Å². The molecule has 6 nitrogen and oxygen atoms in total. The van der Waals surface area contributed by atoms with Crippen LogP contribution in [-0.4, -0.2) is 42.9 Å². The van der Waals surface area contributed by atoms with E-state index >= 15 is 0 Å². The highest BCUT2D eigenvalue weighted by atomic mass is 32.1. The van der Waals surface area contributed by atoms with Crippen LogP contribution in [0.1, 0.15) is 24.2 Å². The fourth-order valence-electron chi connectivity index (χ4n) is 2.63. The summed E-state index contributed by atoms with van der Waals surface area (Å²) < 4.78 is 12.0. The van der Waals surface area contributed by atoms with Crippen LogP contribution in [0.5, 0.6) is 0 Å². The molecule has 1 N–H and O–H groups in total. The standard InChI is InChI=1S/C17H25N3O3S/c1-12-10-14(13(2)20(12)8-5-6-16(21)23-4)15-11-24-17(19-15)18-7-9-22-3/h10-11H,5-9H2,1-4H3,(H,18,19). The van der Waals surface area contributed by atoms with Crippen molar-refractivity contribution in [1.29, 1.82) is 0 Å². The predicted molar refractivity (Wildman–Crippen MR) is 96.6 cm³/mol. The Morgan fingerprint density at radius 2 is 2.17 bits per heavy atom. The van der Waals surface area contributed by atoms with Crippen molar-refractivity contribution in [3.8, 4) is 11.3 Å². The van der Waals surface area contributed by atoms with Crippen molar-refractivity contribution in [3.05, 3.63) is 22.8 Å². The summed E-state index contributed by atoms with van der Waals surface area (Å²) >= 11 is 1.60. The van der Waals surface area contributed by atoms with Gasteiger partial charge >= 0.3 is 5.97 Å². The Morgan fingerprint density at radius 3 is 2.88 bits per heavy atom. The van der Waals surface area contributed by atoms with Gasteiger partial charge in [0, 0.05) is 49.0 Å². The molecule has 0 aromatic carbocycles. The van der Waals surface area contributed by atoms with Gasteiger partial charge in [0.15, 0.2) is 5.13 Å². The van der Waals surface area contributed by atoms with E-state index < -0.39 is 0 Å². The van der Waals surface area contributed by atoms with Crippen molar-refractivity contribution in [2.75, 3.05) is 32.7 Å². The number of carbonyl (C=O) groups excluding carboxylic acids is 1. The van der Waals surface area contributed by atoms with Gasteiger partial charge in [-0.25, -0.2) is 4.98 Å². The summed E-state index contributed by atoms with van der Waals surface area (Å²) in [6, 6.07) is 2.15. The first kappa shape index (κ1) is 18.5. The fourth-order valence-corrected chi connectivity index (χ4v) is 3.37. The summed E-state index contributed by atoms with van der Waals surface area (Å²) in [5.74, 6) is -0.163. The van der Waals surface area contributed by atoms with Crippen LogP contribution in [0.15, 0.2) is 11.4 Å². The lowest BCUT2D eigenvalue weighted by atomic mass is 10.2. The van der Waals surface area contributed by atoms with Crippen molar-refractivity contribution in [2.45, 2.75) is 33.2 Å². The minimum Gasteiger partial charge on any atom is -0.469 e. The Kier molecular flexibility index (Phi) is 6.81. The van der Waals surface area contributed by atoms with E-state index in [0.717, 1.165) is 35.9 Å². The molecule has 132 valence electrons. The van der Waals surface area contributed by atoms with Crippen molar-refractivity contribution in [3.63, 3.8) is 0 Å². The third kappa shape index (κ3) is 4.58. The van der Waals surface area contributed by atoms with E-state index in [1.165, 1.54) is 18.5 Å². The first-order chi connectivity index (χ1) is 11.6. The molecule has 0 aliphatic heterocycles. The van der Waals surface area contributed by atoms with E-state index in [-0.39, 0.29) is 5.97 Å². The second-order valence-electron chi connectivity index (χ2n) is 5.57. The monoisotopic (exact) mass is 351 g/mol. The number of nitrogens with one attached hydrogen (secondary N) is 1. The van der Waals surface area contributed by atoms with E-state index in [1.54, 1.807) is 18.4 Å². The van der Waals surface area contributed by atoms with E-state index in [4.69, 9.17) is 9.47 Å². The molecule has 24 heavy (non-hydrogen) atoms. The molecule has 2 rings (SSSR count). The third-order valence-corrected chi connectivity index (χ3v) is 4.73. The van der Waals surface area contributed by atoms with Gasteiger partial charge in [-0.1, -0.05) is 0 Å². The number of nitrogens with zero attached hydrogens (tertiary/aromatic N) is 2. The number of carbonyl (C=O) groups is 1. The number of esters is 1. The molecule has 2 aromatic rings. The summed E-state index contributed by atoms with van der Waals surface area (Å²) in [5.41, 5.74) is 4.47. The largest absolute Gasteiger partial charge is 0.469 e. The molecule has 7 heteroatoms. The van der Waals surface area contributed by atoms with Gasteiger partial charge in [0.05, 0.1) is 19.4 Å². The summed E-state index contributed by atoms with van der Waals surface area (Å²) in [4.78, 5) is 15.9. The molecule has 0 atom stereocenters. The first-order valence-corrected chi connectivity index (χ1v) is 8.87. The topological polar surface area (TPSA) is 65.4 Å². The molecule has 0 aliphatic carbocycles. The molecule has 0 spiro atoms. The Morgan fingerprint density at radius 1 is 1.38 bits per heavy atom. The van der Waals surface area contributed by atoms with Crippen molar-refractivity contribution < 1.29 is 14.3 Å². The van der Waals surface area contributed by atoms with Gasteiger partial charge in [-0.05, 0) is 26.3 Å². The third-order valence-electron chi connectivity index (χ3n) is 3.93. The minimum atomic E-state index is -0.163. The Balaban J connectivity index is 2.06. The number of rotatable bonds is 9. The lowest BCUT2D eigenvalue weighted by Gasteiger charge is -2.09. The molecule has 2 aromatic heterocycles. The van der Waals surface area contributed by atoms with Crippen molar-refractivity contribution in [2.24, 2.45) is 0 Å². The molecular formula is C17H25N3O3S. The highest BCUT2D eigenvalue weighted by molar-refractivity contribution is 7.14. The average Bonchev–Trinajstić information content (AvgIpc) is 3.14. The lowest BCUT2D eigenvalue weighted by molar-refractivity contribution is -0.140. The van der Waals surface area contributed by atoms with Crippen LogP contribution in [0.4, 0.5) is 5.13 Å². The minimum absolute atomic E-state index is 0.163. The zero-order chi connectivity index (χ0) is 17.5. The Hall–Kier alpha value is -1.86. The fraction of sp³-hybridized carbons (Fsp3) is 0.529. The maximum absolute atomic E-state index is 11.3. The predicted octanol–water partition coefficient (Wildman–Crippen LogP) is 3.24. The van der Waals surface area contributed by atoms with Crippen molar-refractivity contribution in [1.82, 2.24) is 9.55 Å². The number of ether oxygens (including phenoxy) is 2. The molecule has 0 saturated heterocycles. The maximum atomic E-state index is 11.3. The summed E-state index contributed by atoms with van der Waals surface area (Å²) in [5, 5.41) is 6.22. The number of hydrogen-bond acceptors (Lipinski definition) is 6. The quantitative estimate of drug-likeness (QED) is 0.555. The number of anilines is 1. The highest BCUT2D eigenvalue weighted by Crippen LogP contribution is 2.30. The summed E-state index contributed by atoms with van der Waals surface area (Å²) in [6.45, 7) is 6.38. The van der Waals surface area contributed by atoms with E-state index in [9.17, 15) is 4.79 Å². The number of hydrogen-bond donors (Lipinski definition) is 1. The zero-order valence-corrected chi connectivity index (χ0v) is 15.5. The molecule has 0 saturated carbocycles. The molecule has 0 aliphatic rings. The van der Waals surface area contributed by atoms with Crippen LogP contribution >= 0.6 is 11.3 Å².